The molecule has 0 unspecified atom stereocenters. The first-order valence-corrected chi connectivity index (χ1v) is 9.70. The second-order valence-corrected chi connectivity index (χ2v) is 7.84. The molecule has 1 aromatic heterocycles. The molecular weight excluding hydrogens is 383 g/mol. The Kier molecular flexibility index (Phi) is 5.62. The Morgan fingerprint density at radius 2 is 1.93 bits per heavy atom. The molecule has 0 aliphatic heterocycles. The minimum atomic E-state index is -4.06. The molecule has 3 rings (SSSR count). The zero-order chi connectivity index (χ0) is 20.3. The number of carbonyl (C=O) groups excluding carboxylic acids is 1. The van der Waals surface area contributed by atoms with Crippen LogP contribution in [0.15, 0.2) is 65.7 Å². The number of ether oxygens (including phenoxy) is 1. The molecule has 0 spiro atoms. The van der Waals surface area contributed by atoms with Crippen LogP contribution in [0.2, 0.25) is 0 Å². The molecular formula is C20H18FN2O4S. The topological polar surface area (TPSA) is 77.4 Å². The number of rotatable bonds is 6. The average molecular weight is 401 g/mol. The van der Waals surface area contributed by atoms with E-state index in [9.17, 15) is 17.6 Å². The quantitative estimate of drug-likeness (QED) is 0.688. The molecule has 2 aromatic carbocycles. The van der Waals surface area contributed by atoms with E-state index in [1.165, 1.54) is 55.8 Å². The third-order valence-electron chi connectivity index (χ3n) is 3.94. The van der Waals surface area contributed by atoms with Gasteiger partial charge in [-0.1, -0.05) is 18.2 Å². The number of methoxy groups -OCH3 is 1. The number of hydrogen-bond donors (Lipinski definition) is 1. The number of nitrogens with zero attached hydrogens (tertiary/aromatic N) is 1. The average Bonchev–Trinajstić information content (AvgIpc) is 3.05. The molecule has 8 heteroatoms. The molecule has 1 radical (unpaired) electrons. The summed E-state index contributed by atoms with van der Waals surface area (Å²) >= 11 is 0. The van der Waals surface area contributed by atoms with Crippen molar-refractivity contribution in [2.75, 3.05) is 19.0 Å². The van der Waals surface area contributed by atoms with Crippen molar-refractivity contribution in [3.8, 4) is 11.3 Å². The largest absolute Gasteiger partial charge is 0.375 e. The lowest BCUT2D eigenvalue weighted by Crippen LogP contribution is -2.18. The lowest BCUT2D eigenvalue weighted by atomic mass is 10.1. The highest BCUT2D eigenvalue weighted by atomic mass is 32.2. The van der Waals surface area contributed by atoms with Gasteiger partial charge in [0, 0.05) is 24.6 Å². The summed E-state index contributed by atoms with van der Waals surface area (Å²) in [7, 11) is -2.67. The first-order valence-electron chi connectivity index (χ1n) is 8.26. The minimum absolute atomic E-state index is 0.0593. The Balaban J connectivity index is 2.06. The van der Waals surface area contributed by atoms with Crippen LogP contribution in [0.3, 0.4) is 0 Å². The molecule has 0 aliphatic carbocycles. The van der Waals surface area contributed by atoms with Crippen LogP contribution >= 0.6 is 0 Å². The fourth-order valence-electron chi connectivity index (χ4n) is 2.74. The lowest BCUT2D eigenvalue weighted by molar-refractivity contribution is -0.119. The van der Waals surface area contributed by atoms with Gasteiger partial charge in [-0.25, -0.2) is 16.8 Å². The molecule has 1 amide bonds. The molecule has 1 heterocycles. The Bertz CT molecular complexity index is 1120. The van der Waals surface area contributed by atoms with Gasteiger partial charge >= 0.3 is 0 Å². The van der Waals surface area contributed by atoms with Crippen LogP contribution in [0.25, 0.3) is 11.3 Å². The number of nitrogens with one attached hydrogen (secondary N) is 1. The van der Waals surface area contributed by atoms with Gasteiger partial charge in [0.2, 0.25) is 5.91 Å². The van der Waals surface area contributed by atoms with Crippen LogP contribution in [0.5, 0.6) is 0 Å². The summed E-state index contributed by atoms with van der Waals surface area (Å²) in [6, 6.07) is 13.2. The van der Waals surface area contributed by atoms with Gasteiger partial charge in [-0.3, -0.25) is 4.79 Å². The van der Waals surface area contributed by atoms with Gasteiger partial charge in [0.25, 0.3) is 10.0 Å². The summed E-state index contributed by atoms with van der Waals surface area (Å²) in [5.74, 6) is -0.956. The fraction of sp³-hybridized carbons (Fsp3) is 0.100. The van der Waals surface area contributed by atoms with Crippen molar-refractivity contribution in [1.29, 1.82) is 0 Å². The van der Waals surface area contributed by atoms with E-state index < -0.39 is 21.7 Å². The van der Waals surface area contributed by atoms with E-state index in [2.05, 4.69) is 12.2 Å². The molecule has 145 valence electrons. The molecule has 28 heavy (non-hydrogen) atoms. The Morgan fingerprint density at radius 3 is 2.64 bits per heavy atom. The molecule has 0 saturated carbocycles. The van der Waals surface area contributed by atoms with E-state index in [0.29, 0.717) is 11.3 Å². The van der Waals surface area contributed by atoms with Crippen molar-refractivity contribution < 1.29 is 22.3 Å². The second-order valence-electron chi connectivity index (χ2n) is 6.02. The summed E-state index contributed by atoms with van der Waals surface area (Å²) in [4.78, 5) is 11.6. The summed E-state index contributed by atoms with van der Waals surface area (Å²) in [5, 5.41) is 2.56. The van der Waals surface area contributed by atoms with Crippen molar-refractivity contribution in [2.45, 2.75) is 4.90 Å². The predicted octanol–water partition coefficient (Wildman–Crippen LogP) is 3.30. The van der Waals surface area contributed by atoms with Crippen LogP contribution in [0.4, 0.5) is 10.1 Å². The third-order valence-corrected chi connectivity index (χ3v) is 5.61. The number of anilines is 1. The highest BCUT2D eigenvalue weighted by molar-refractivity contribution is 7.90. The Hall–Kier alpha value is -2.97. The summed E-state index contributed by atoms with van der Waals surface area (Å²) in [6.45, 7) is 3.61. The predicted molar refractivity (Wildman–Crippen MR) is 104 cm³/mol. The number of carbonyl (C=O) groups is 1. The fourth-order valence-corrected chi connectivity index (χ4v) is 4.17. The summed E-state index contributed by atoms with van der Waals surface area (Å²) in [6.07, 6.45) is 1.33. The van der Waals surface area contributed by atoms with Crippen LogP contribution in [-0.4, -0.2) is 32.0 Å². The van der Waals surface area contributed by atoms with E-state index in [-0.39, 0.29) is 22.8 Å². The number of amides is 1. The van der Waals surface area contributed by atoms with Gasteiger partial charge in [-0.05, 0) is 48.9 Å². The van der Waals surface area contributed by atoms with Crippen LogP contribution in [0, 0.1) is 12.7 Å². The van der Waals surface area contributed by atoms with Crippen LogP contribution in [0.1, 0.15) is 5.56 Å². The summed E-state index contributed by atoms with van der Waals surface area (Å²) < 4.78 is 46.4. The van der Waals surface area contributed by atoms with Gasteiger partial charge in [0.1, 0.15) is 12.4 Å². The highest BCUT2D eigenvalue weighted by Gasteiger charge is 2.23. The molecule has 6 nitrogen and oxygen atoms in total. The summed E-state index contributed by atoms with van der Waals surface area (Å²) in [5.41, 5.74) is 1.03. The van der Waals surface area contributed by atoms with Crippen LogP contribution in [-0.2, 0) is 19.6 Å². The highest BCUT2D eigenvalue weighted by Crippen LogP contribution is 2.29. The molecule has 0 fully saturated rings. The van der Waals surface area contributed by atoms with E-state index in [0.717, 1.165) is 3.97 Å². The normalized spacial score (nSPS) is 11.4. The molecule has 0 saturated heterocycles. The lowest BCUT2D eigenvalue weighted by Gasteiger charge is -2.12. The molecule has 0 bridgehead atoms. The zero-order valence-electron chi connectivity index (χ0n) is 15.1. The van der Waals surface area contributed by atoms with Crippen molar-refractivity contribution in [1.82, 2.24) is 3.97 Å². The molecule has 1 N–H and O–H groups in total. The SMILES string of the molecule is [CH2]c1cc(-c2ccccc2F)n(S(=O)(=O)c2cccc(NC(=O)COC)c2)c1. The van der Waals surface area contributed by atoms with Gasteiger partial charge in [0.15, 0.2) is 0 Å². The second kappa shape index (κ2) is 7.95. The van der Waals surface area contributed by atoms with Crippen molar-refractivity contribution in [2.24, 2.45) is 0 Å². The van der Waals surface area contributed by atoms with E-state index in [1.54, 1.807) is 12.1 Å². The monoisotopic (exact) mass is 401 g/mol. The maximum absolute atomic E-state index is 14.2. The van der Waals surface area contributed by atoms with E-state index in [4.69, 9.17) is 4.74 Å². The van der Waals surface area contributed by atoms with Gasteiger partial charge in [0.05, 0.1) is 10.6 Å². The maximum atomic E-state index is 14.2. The number of hydrogen-bond acceptors (Lipinski definition) is 4. The number of halogens is 1. The zero-order valence-corrected chi connectivity index (χ0v) is 15.9. The van der Waals surface area contributed by atoms with Crippen molar-refractivity contribution in [3.05, 3.63) is 79.1 Å². The molecule has 0 atom stereocenters. The Labute approximate surface area is 162 Å². The maximum Gasteiger partial charge on any atom is 0.268 e. The first kappa shape index (κ1) is 19.8. The molecule has 3 aromatic rings. The standard InChI is InChI=1S/C20H18FN2O4S/c1-14-10-19(17-8-3-4-9-18(17)21)23(12-14)28(25,26)16-7-5-6-15(11-16)22-20(24)13-27-2/h3-12H,1,13H2,2H3,(H,22,24). The van der Waals surface area contributed by atoms with E-state index >= 15 is 0 Å². The molecule has 0 aliphatic rings. The van der Waals surface area contributed by atoms with Gasteiger partial charge < -0.3 is 10.1 Å². The number of benzene rings is 2. The van der Waals surface area contributed by atoms with Gasteiger partial charge in [-0.15, -0.1) is 0 Å². The third kappa shape index (κ3) is 3.97. The van der Waals surface area contributed by atoms with Crippen LogP contribution < -0.4 is 5.32 Å². The first-order chi connectivity index (χ1) is 13.3. The minimum Gasteiger partial charge on any atom is -0.375 e. The van der Waals surface area contributed by atoms with Gasteiger partial charge in [-0.2, -0.15) is 0 Å². The Morgan fingerprint density at radius 1 is 1.18 bits per heavy atom. The van der Waals surface area contributed by atoms with Crippen molar-refractivity contribution >= 4 is 21.6 Å². The van der Waals surface area contributed by atoms with Crippen molar-refractivity contribution in [3.63, 3.8) is 0 Å². The number of aromatic nitrogens is 1. The van der Waals surface area contributed by atoms with E-state index in [1.807, 2.05) is 0 Å². The smallest absolute Gasteiger partial charge is 0.268 e.